The van der Waals surface area contributed by atoms with Gasteiger partial charge in [-0.05, 0) is 56.0 Å². The molecule has 0 aliphatic rings. The number of nitrogens with one attached hydrogen (secondary N) is 1. The van der Waals surface area contributed by atoms with Crippen molar-refractivity contribution in [3.63, 3.8) is 0 Å². The number of carbonyl (C=O) groups excluding carboxylic acids is 1. The second kappa shape index (κ2) is 7.48. The molecule has 0 aliphatic heterocycles. The third-order valence-corrected chi connectivity index (χ3v) is 3.90. The summed E-state index contributed by atoms with van der Waals surface area (Å²) in [5.74, 6) is -0.602. The van der Waals surface area contributed by atoms with Gasteiger partial charge in [0.1, 0.15) is 11.4 Å². The van der Waals surface area contributed by atoms with Crippen molar-refractivity contribution < 1.29 is 13.9 Å². The summed E-state index contributed by atoms with van der Waals surface area (Å²) in [4.78, 5) is 12.2. The number of anilines is 1. The van der Waals surface area contributed by atoms with E-state index in [0.29, 0.717) is 17.7 Å². The Balaban J connectivity index is 2.09. The largest absolute Gasteiger partial charge is 0.456 e. The molecule has 0 bridgehead atoms. The molecule has 2 aromatic rings. The molecule has 0 aromatic heterocycles. The van der Waals surface area contributed by atoms with Crippen LogP contribution in [-0.4, -0.2) is 11.6 Å². The first-order valence-corrected chi connectivity index (χ1v) is 8.82. The van der Waals surface area contributed by atoms with Crippen molar-refractivity contribution in [3.8, 4) is 0 Å². The minimum absolute atomic E-state index is 0.0887. The van der Waals surface area contributed by atoms with Crippen LogP contribution in [0.5, 0.6) is 0 Å². The number of halogens is 1. The van der Waals surface area contributed by atoms with Crippen molar-refractivity contribution in [2.24, 2.45) is 0 Å². The van der Waals surface area contributed by atoms with Crippen LogP contribution in [-0.2, 0) is 16.7 Å². The van der Waals surface area contributed by atoms with E-state index in [-0.39, 0.29) is 17.2 Å². The van der Waals surface area contributed by atoms with Gasteiger partial charge in [0.2, 0.25) is 0 Å². The molecule has 0 radical (unpaired) electrons. The van der Waals surface area contributed by atoms with Crippen molar-refractivity contribution in [3.05, 3.63) is 65.0 Å². The monoisotopic (exact) mass is 357 g/mol. The van der Waals surface area contributed by atoms with Crippen LogP contribution in [0.4, 0.5) is 10.1 Å². The maximum atomic E-state index is 14.4. The van der Waals surface area contributed by atoms with Gasteiger partial charge in [0.05, 0.1) is 5.56 Å². The second-order valence-electron chi connectivity index (χ2n) is 8.49. The quantitative estimate of drug-likeness (QED) is 0.714. The molecule has 2 rings (SSSR count). The molecule has 0 heterocycles. The Labute approximate surface area is 155 Å². The van der Waals surface area contributed by atoms with E-state index < -0.39 is 5.60 Å². The Morgan fingerprint density at radius 1 is 1.04 bits per heavy atom. The normalized spacial score (nSPS) is 12.0. The molecule has 0 fully saturated rings. The van der Waals surface area contributed by atoms with E-state index in [1.165, 1.54) is 0 Å². The molecule has 2 aromatic carbocycles. The first-order chi connectivity index (χ1) is 12.0. The van der Waals surface area contributed by atoms with E-state index in [4.69, 9.17) is 4.74 Å². The summed E-state index contributed by atoms with van der Waals surface area (Å²) < 4.78 is 19.7. The molecule has 0 amide bonds. The fraction of sp³-hybridized carbons (Fsp3) is 0.409. The van der Waals surface area contributed by atoms with Crippen LogP contribution in [0.2, 0.25) is 0 Å². The molecule has 0 spiro atoms. The van der Waals surface area contributed by atoms with Gasteiger partial charge in [-0.15, -0.1) is 0 Å². The maximum absolute atomic E-state index is 14.4. The van der Waals surface area contributed by atoms with Gasteiger partial charge in [0.25, 0.3) is 0 Å². The smallest absolute Gasteiger partial charge is 0.338 e. The molecule has 0 aliphatic carbocycles. The summed E-state index contributed by atoms with van der Waals surface area (Å²) >= 11 is 0. The zero-order valence-corrected chi connectivity index (χ0v) is 16.4. The van der Waals surface area contributed by atoms with Gasteiger partial charge < -0.3 is 10.1 Å². The fourth-order valence-electron chi connectivity index (χ4n) is 2.45. The number of carbonyl (C=O) groups is 1. The van der Waals surface area contributed by atoms with Gasteiger partial charge in [0.15, 0.2) is 0 Å². The predicted octanol–water partition coefficient (Wildman–Crippen LogP) is 5.69. The standard InChI is InChI=1S/C22H28FNO2/c1-21(2,3)17-11-10-16(19(23)13-17)14-24-18-9-7-8-15(12-18)20(25)26-22(4,5)6/h7-13,24H,14H2,1-6H3. The summed E-state index contributed by atoms with van der Waals surface area (Å²) in [5, 5.41) is 3.17. The zero-order chi connectivity index (χ0) is 19.5. The van der Waals surface area contributed by atoms with Crippen LogP contribution in [0, 0.1) is 5.82 Å². The zero-order valence-electron chi connectivity index (χ0n) is 16.4. The second-order valence-corrected chi connectivity index (χ2v) is 8.49. The Bertz CT molecular complexity index is 785. The van der Waals surface area contributed by atoms with E-state index in [9.17, 15) is 9.18 Å². The maximum Gasteiger partial charge on any atom is 0.338 e. The molecule has 0 saturated heterocycles. The molecule has 0 unspecified atom stereocenters. The van der Waals surface area contributed by atoms with Crippen LogP contribution < -0.4 is 5.32 Å². The predicted molar refractivity (Wildman–Crippen MR) is 104 cm³/mol. The van der Waals surface area contributed by atoms with Gasteiger partial charge in [-0.1, -0.05) is 39.0 Å². The highest BCUT2D eigenvalue weighted by Gasteiger charge is 2.18. The molecule has 26 heavy (non-hydrogen) atoms. The number of esters is 1. The first-order valence-electron chi connectivity index (χ1n) is 8.82. The molecule has 1 N–H and O–H groups in total. The summed E-state index contributed by atoms with van der Waals surface area (Å²) in [6.45, 7) is 12.0. The number of hydrogen-bond acceptors (Lipinski definition) is 3. The van der Waals surface area contributed by atoms with Crippen LogP contribution in [0.3, 0.4) is 0 Å². The van der Waals surface area contributed by atoms with Crippen LogP contribution in [0.15, 0.2) is 42.5 Å². The van der Waals surface area contributed by atoms with E-state index in [1.54, 1.807) is 30.3 Å². The topological polar surface area (TPSA) is 38.3 Å². The molecular weight excluding hydrogens is 329 g/mol. The molecule has 140 valence electrons. The lowest BCUT2D eigenvalue weighted by atomic mass is 9.86. The SMILES string of the molecule is CC(C)(C)OC(=O)c1cccc(NCc2ccc(C(C)(C)C)cc2F)c1. The van der Waals surface area contributed by atoms with E-state index in [1.807, 2.05) is 32.9 Å². The highest BCUT2D eigenvalue weighted by Crippen LogP contribution is 2.24. The van der Waals surface area contributed by atoms with Gasteiger partial charge in [-0.25, -0.2) is 9.18 Å². The fourth-order valence-corrected chi connectivity index (χ4v) is 2.45. The van der Waals surface area contributed by atoms with E-state index >= 15 is 0 Å². The minimum atomic E-state index is -0.543. The molecule has 3 nitrogen and oxygen atoms in total. The Hall–Kier alpha value is -2.36. The van der Waals surface area contributed by atoms with Crippen molar-refractivity contribution in [1.82, 2.24) is 0 Å². The van der Waals surface area contributed by atoms with Crippen molar-refractivity contribution in [2.45, 2.75) is 59.1 Å². The van der Waals surface area contributed by atoms with Crippen molar-refractivity contribution in [1.29, 1.82) is 0 Å². The van der Waals surface area contributed by atoms with Gasteiger partial charge in [0, 0.05) is 17.8 Å². The van der Waals surface area contributed by atoms with Gasteiger partial charge >= 0.3 is 5.97 Å². The number of benzene rings is 2. The van der Waals surface area contributed by atoms with E-state index in [2.05, 4.69) is 26.1 Å². The van der Waals surface area contributed by atoms with Gasteiger partial charge in [-0.2, -0.15) is 0 Å². The number of rotatable bonds is 4. The molecular formula is C22H28FNO2. The molecule has 0 saturated carbocycles. The van der Waals surface area contributed by atoms with Crippen molar-refractivity contribution in [2.75, 3.05) is 5.32 Å². The summed E-state index contributed by atoms with van der Waals surface area (Å²) in [6.07, 6.45) is 0. The van der Waals surface area contributed by atoms with Gasteiger partial charge in [-0.3, -0.25) is 0 Å². The third kappa shape index (κ3) is 5.58. The summed E-state index contributed by atoms with van der Waals surface area (Å²) in [6, 6.07) is 12.4. The lowest BCUT2D eigenvalue weighted by Crippen LogP contribution is -2.23. The summed E-state index contributed by atoms with van der Waals surface area (Å²) in [5.41, 5.74) is 2.12. The van der Waals surface area contributed by atoms with Crippen LogP contribution in [0.25, 0.3) is 0 Å². The average molecular weight is 357 g/mol. The first kappa shape index (κ1) is 20.0. The Morgan fingerprint density at radius 3 is 2.31 bits per heavy atom. The molecule has 0 atom stereocenters. The van der Waals surface area contributed by atoms with Crippen LogP contribution in [0.1, 0.15) is 63.0 Å². The lowest BCUT2D eigenvalue weighted by molar-refractivity contribution is 0.00696. The van der Waals surface area contributed by atoms with Crippen LogP contribution >= 0.6 is 0 Å². The highest BCUT2D eigenvalue weighted by molar-refractivity contribution is 5.90. The average Bonchev–Trinajstić information content (AvgIpc) is 2.51. The minimum Gasteiger partial charge on any atom is -0.456 e. The molecule has 4 heteroatoms. The third-order valence-electron chi connectivity index (χ3n) is 3.90. The highest BCUT2D eigenvalue weighted by atomic mass is 19.1. The summed E-state index contributed by atoms with van der Waals surface area (Å²) in [7, 11) is 0. The lowest BCUT2D eigenvalue weighted by Gasteiger charge is -2.20. The van der Waals surface area contributed by atoms with Crippen molar-refractivity contribution >= 4 is 11.7 Å². The number of ether oxygens (including phenoxy) is 1. The Kier molecular flexibility index (Phi) is 5.74. The Morgan fingerprint density at radius 2 is 1.73 bits per heavy atom. The van der Waals surface area contributed by atoms with E-state index in [0.717, 1.165) is 11.3 Å². The number of hydrogen-bond donors (Lipinski definition) is 1.